The topological polar surface area (TPSA) is 77.2 Å². The summed E-state index contributed by atoms with van der Waals surface area (Å²) < 4.78 is 5.83. The number of nitrogens with one attached hydrogen (secondary N) is 1. The molecule has 1 rings (SSSR count). The Hall–Kier alpha value is -1.14. The van der Waals surface area contributed by atoms with E-state index in [-0.39, 0.29) is 5.91 Å². The van der Waals surface area contributed by atoms with Crippen LogP contribution in [0.1, 0.15) is 19.8 Å². The number of amides is 1. The molecular weight excluding hydrogens is 286 g/mol. The van der Waals surface area contributed by atoms with Crippen LogP contribution in [0.5, 0.6) is 0 Å². The second kappa shape index (κ2) is 7.24. The Balaban J connectivity index is 2.40. The number of carbonyl (C=O) groups is 1. The predicted molar refractivity (Wildman–Crippen MR) is 70.7 cm³/mol. The van der Waals surface area contributed by atoms with Crippen LogP contribution in [0.4, 0.5) is 11.5 Å². The summed E-state index contributed by atoms with van der Waals surface area (Å²) in [5.74, 6) is 0.406. The molecule has 0 bridgehead atoms. The highest BCUT2D eigenvalue weighted by Crippen LogP contribution is 2.21. The molecule has 0 aliphatic heterocycles. The van der Waals surface area contributed by atoms with Gasteiger partial charge in [-0.3, -0.25) is 4.79 Å². The van der Waals surface area contributed by atoms with Gasteiger partial charge in [0, 0.05) is 19.6 Å². The first-order valence-corrected chi connectivity index (χ1v) is 6.21. The molecule has 0 atom stereocenters. The molecule has 17 heavy (non-hydrogen) atoms. The lowest BCUT2D eigenvalue weighted by molar-refractivity contribution is -0.116. The number of pyridine rings is 1. The molecule has 0 saturated heterocycles. The first kappa shape index (κ1) is 13.9. The number of halogens is 1. The number of hydrogen-bond donors (Lipinski definition) is 2. The molecule has 0 radical (unpaired) electrons. The summed E-state index contributed by atoms with van der Waals surface area (Å²) in [5.41, 5.74) is 6.10. The normalized spacial score (nSPS) is 10.2. The largest absolute Gasteiger partial charge is 0.397 e. The summed E-state index contributed by atoms with van der Waals surface area (Å²) in [6.45, 7) is 3.20. The van der Waals surface area contributed by atoms with Crippen LogP contribution in [0.2, 0.25) is 0 Å². The molecule has 0 fully saturated rings. The monoisotopic (exact) mass is 301 g/mol. The quantitative estimate of drug-likeness (QED) is 0.790. The average molecular weight is 302 g/mol. The lowest BCUT2D eigenvalue weighted by Gasteiger charge is -2.06. The summed E-state index contributed by atoms with van der Waals surface area (Å²) in [6, 6.07) is 1.70. The summed E-state index contributed by atoms with van der Waals surface area (Å²) >= 11 is 3.29. The zero-order valence-electron chi connectivity index (χ0n) is 9.70. The molecule has 0 aromatic carbocycles. The number of nitrogen functional groups attached to an aromatic ring is 1. The van der Waals surface area contributed by atoms with Crippen LogP contribution in [0.3, 0.4) is 0 Å². The number of anilines is 2. The summed E-state index contributed by atoms with van der Waals surface area (Å²) in [7, 11) is 0. The van der Waals surface area contributed by atoms with Crippen molar-refractivity contribution in [3.63, 3.8) is 0 Å². The smallest absolute Gasteiger partial charge is 0.225 e. The molecule has 0 unspecified atom stereocenters. The fourth-order valence-corrected chi connectivity index (χ4v) is 1.68. The van der Waals surface area contributed by atoms with Gasteiger partial charge in [-0.2, -0.15) is 0 Å². The summed E-state index contributed by atoms with van der Waals surface area (Å²) in [6.07, 6.45) is 2.62. The first-order chi connectivity index (χ1) is 8.13. The van der Waals surface area contributed by atoms with Gasteiger partial charge in [0.1, 0.15) is 5.82 Å². The van der Waals surface area contributed by atoms with Crippen molar-refractivity contribution in [3.05, 3.63) is 16.7 Å². The van der Waals surface area contributed by atoms with Crippen molar-refractivity contribution in [2.24, 2.45) is 0 Å². The van der Waals surface area contributed by atoms with Crippen molar-refractivity contribution >= 4 is 33.3 Å². The van der Waals surface area contributed by atoms with E-state index in [1.165, 1.54) is 6.20 Å². The van der Waals surface area contributed by atoms with Crippen LogP contribution in [0.15, 0.2) is 16.7 Å². The molecule has 1 heterocycles. The predicted octanol–water partition coefficient (Wildman–Crippen LogP) is 2.18. The van der Waals surface area contributed by atoms with E-state index >= 15 is 0 Å². The molecule has 0 aliphatic rings. The van der Waals surface area contributed by atoms with Crippen molar-refractivity contribution in [1.29, 1.82) is 0 Å². The fraction of sp³-hybridized carbons (Fsp3) is 0.455. The van der Waals surface area contributed by atoms with Gasteiger partial charge < -0.3 is 15.8 Å². The second-order valence-corrected chi connectivity index (χ2v) is 4.30. The number of rotatable bonds is 6. The van der Waals surface area contributed by atoms with Gasteiger partial charge in [-0.25, -0.2) is 4.98 Å². The van der Waals surface area contributed by atoms with E-state index in [0.717, 1.165) is 0 Å². The Morgan fingerprint density at radius 2 is 2.41 bits per heavy atom. The van der Waals surface area contributed by atoms with Gasteiger partial charge in [-0.1, -0.05) is 0 Å². The van der Waals surface area contributed by atoms with Crippen LogP contribution < -0.4 is 11.1 Å². The van der Waals surface area contributed by atoms with Crippen molar-refractivity contribution in [2.45, 2.75) is 19.8 Å². The minimum absolute atomic E-state index is 0.0809. The Kier molecular flexibility index (Phi) is 5.93. The standard InChI is InChI=1S/C11H16BrN3O2/c1-2-17-5-3-4-10(16)15-11-9(12)6-8(13)7-14-11/h6-7H,2-5,13H2,1H3,(H,14,15,16). The fourth-order valence-electron chi connectivity index (χ4n) is 1.22. The minimum Gasteiger partial charge on any atom is -0.397 e. The summed E-state index contributed by atoms with van der Waals surface area (Å²) in [5, 5.41) is 2.71. The van der Waals surface area contributed by atoms with Crippen molar-refractivity contribution < 1.29 is 9.53 Å². The minimum atomic E-state index is -0.0809. The highest BCUT2D eigenvalue weighted by Gasteiger charge is 2.06. The number of hydrogen-bond acceptors (Lipinski definition) is 4. The van der Waals surface area contributed by atoms with Gasteiger partial charge in [-0.05, 0) is 35.3 Å². The van der Waals surface area contributed by atoms with E-state index in [2.05, 4.69) is 26.2 Å². The van der Waals surface area contributed by atoms with Gasteiger partial charge in [0.05, 0.1) is 16.4 Å². The number of carbonyl (C=O) groups excluding carboxylic acids is 1. The van der Waals surface area contributed by atoms with Gasteiger partial charge in [0.2, 0.25) is 5.91 Å². The zero-order chi connectivity index (χ0) is 12.7. The highest BCUT2D eigenvalue weighted by molar-refractivity contribution is 9.10. The van der Waals surface area contributed by atoms with Crippen LogP contribution in [0, 0.1) is 0 Å². The Morgan fingerprint density at radius 3 is 3.06 bits per heavy atom. The molecule has 1 amide bonds. The van der Waals surface area contributed by atoms with E-state index in [1.807, 2.05) is 6.92 Å². The van der Waals surface area contributed by atoms with Crippen LogP contribution >= 0.6 is 15.9 Å². The maximum Gasteiger partial charge on any atom is 0.225 e. The molecule has 5 nitrogen and oxygen atoms in total. The van der Waals surface area contributed by atoms with Crippen LogP contribution in [-0.4, -0.2) is 24.1 Å². The molecule has 0 saturated carbocycles. The molecule has 94 valence electrons. The second-order valence-electron chi connectivity index (χ2n) is 3.45. The maximum absolute atomic E-state index is 11.6. The molecular formula is C11H16BrN3O2. The van der Waals surface area contributed by atoms with Gasteiger partial charge in [0.25, 0.3) is 0 Å². The van der Waals surface area contributed by atoms with Crippen molar-refractivity contribution in [3.8, 4) is 0 Å². The third-order valence-electron chi connectivity index (χ3n) is 2.02. The molecule has 3 N–H and O–H groups in total. The Labute approximate surface area is 109 Å². The number of aromatic nitrogens is 1. The Bertz CT molecular complexity index is 385. The number of nitrogens with zero attached hydrogens (tertiary/aromatic N) is 1. The van der Waals surface area contributed by atoms with Crippen molar-refractivity contribution in [2.75, 3.05) is 24.3 Å². The Morgan fingerprint density at radius 1 is 1.65 bits per heavy atom. The summed E-state index contributed by atoms with van der Waals surface area (Å²) in [4.78, 5) is 15.6. The van der Waals surface area contributed by atoms with Crippen LogP contribution in [0.25, 0.3) is 0 Å². The van der Waals surface area contributed by atoms with E-state index < -0.39 is 0 Å². The van der Waals surface area contributed by atoms with Gasteiger partial charge >= 0.3 is 0 Å². The van der Waals surface area contributed by atoms with Crippen LogP contribution in [-0.2, 0) is 9.53 Å². The lowest BCUT2D eigenvalue weighted by Crippen LogP contribution is -2.13. The van der Waals surface area contributed by atoms with E-state index in [0.29, 0.717) is 42.0 Å². The SMILES string of the molecule is CCOCCCC(=O)Nc1ncc(N)cc1Br. The van der Waals surface area contributed by atoms with Gasteiger partial charge in [-0.15, -0.1) is 0 Å². The first-order valence-electron chi connectivity index (χ1n) is 5.42. The molecule has 1 aromatic heterocycles. The third kappa shape index (κ3) is 5.14. The third-order valence-corrected chi connectivity index (χ3v) is 2.62. The lowest BCUT2D eigenvalue weighted by atomic mass is 10.3. The van der Waals surface area contributed by atoms with E-state index in [4.69, 9.17) is 10.5 Å². The molecule has 6 heteroatoms. The number of ether oxygens (including phenoxy) is 1. The van der Waals surface area contributed by atoms with E-state index in [1.54, 1.807) is 6.07 Å². The highest BCUT2D eigenvalue weighted by atomic mass is 79.9. The average Bonchev–Trinajstić information content (AvgIpc) is 2.28. The van der Waals surface area contributed by atoms with E-state index in [9.17, 15) is 4.79 Å². The van der Waals surface area contributed by atoms with Crippen molar-refractivity contribution in [1.82, 2.24) is 4.98 Å². The maximum atomic E-state index is 11.6. The molecule has 1 aromatic rings. The van der Waals surface area contributed by atoms with Gasteiger partial charge in [0.15, 0.2) is 0 Å². The molecule has 0 aliphatic carbocycles. The zero-order valence-corrected chi connectivity index (χ0v) is 11.3. The molecule has 0 spiro atoms. The number of nitrogens with two attached hydrogens (primary N) is 1.